The molecule has 2 aliphatic rings. The summed E-state index contributed by atoms with van der Waals surface area (Å²) >= 11 is 0. The summed E-state index contributed by atoms with van der Waals surface area (Å²) in [5, 5.41) is 3.07. The maximum atomic E-state index is 12.3. The molecule has 3 rings (SSSR count). The molecule has 0 unspecified atom stereocenters. The van der Waals surface area contributed by atoms with Gasteiger partial charge in [-0.05, 0) is 25.9 Å². The van der Waals surface area contributed by atoms with Crippen LogP contribution in [0.1, 0.15) is 35.9 Å². The van der Waals surface area contributed by atoms with Crippen molar-refractivity contribution in [2.75, 3.05) is 26.3 Å². The van der Waals surface area contributed by atoms with Gasteiger partial charge in [-0.3, -0.25) is 9.69 Å². The van der Waals surface area contributed by atoms with E-state index in [0.717, 1.165) is 25.3 Å². The van der Waals surface area contributed by atoms with Crippen LogP contribution in [0, 0.1) is 0 Å². The highest BCUT2D eigenvalue weighted by Crippen LogP contribution is 2.19. The van der Waals surface area contributed by atoms with Crippen molar-refractivity contribution in [1.82, 2.24) is 20.2 Å². The molecule has 114 valence electrons. The predicted molar refractivity (Wildman–Crippen MR) is 78.1 cm³/mol. The van der Waals surface area contributed by atoms with Crippen LogP contribution in [0.3, 0.4) is 0 Å². The van der Waals surface area contributed by atoms with Gasteiger partial charge in [0.15, 0.2) is 0 Å². The van der Waals surface area contributed by atoms with Crippen molar-refractivity contribution < 1.29 is 9.53 Å². The molecule has 0 aromatic carbocycles. The average Bonchev–Trinajstić information content (AvgIpc) is 3.18. The summed E-state index contributed by atoms with van der Waals surface area (Å²) in [7, 11) is 0. The van der Waals surface area contributed by atoms with Crippen molar-refractivity contribution in [1.29, 1.82) is 0 Å². The maximum Gasteiger partial charge on any atom is 0.254 e. The van der Waals surface area contributed by atoms with E-state index in [1.165, 1.54) is 12.8 Å². The summed E-state index contributed by atoms with van der Waals surface area (Å²) in [4.78, 5) is 23.1. The third-order valence-electron chi connectivity index (χ3n) is 4.26. The summed E-state index contributed by atoms with van der Waals surface area (Å²) in [6.07, 6.45) is 6.45. The molecule has 2 atom stereocenters. The zero-order valence-electron chi connectivity index (χ0n) is 12.4. The van der Waals surface area contributed by atoms with Crippen LogP contribution in [-0.2, 0) is 11.2 Å². The summed E-state index contributed by atoms with van der Waals surface area (Å²) in [5.41, 5.74) is 0.513. The highest BCUT2D eigenvalue weighted by molar-refractivity contribution is 5.93. The van der Waals surface area contributed by atoms with E-state index in [4.69, 9.17) is 4.74 Å². The molecule has 1 amide bonds. The molecule has 0 aliphatic carbocycles. The Kier molecular flexibility index (Phi) is 4.45. The average molecular weight is 290 g/mol. The highest BCUT2D eigenvalue weighted by Gasteiger charge is 2.35. The van der Waals surface area contributed by atoms with E-state index in [-0.39, 0.29) is 11.9 Å². The van der Waals surface area contributed by atoms with Gasteiger partial charge in [-0.25, -0.2) is 9.97 Å². The summed E-state index contributed by atoms with van der Waals surface area (Å²) < 4.78 is 5.57. The smallest absolute Gasteiger partial charge is 0.254 e. The number of nitrogens with zero attached hydrogens (tertiary/aromatic N) is 3. The molecule has 6 heteroatoms. The normalized spacial score (nSPS) is 26.1. The van der Waals surface area contributed by atoms with Crippen molar-refractivity contribution in [3.63, 3.8) is 0 Å². The Balaban J connectivity index is 1.62. The fraction of sp³-hybridized carbons (Fsp3) is 0.667. The van der Waals surface area contributed by atoms with Crippen molar-refractivity contribution >= 4 is 5.91 Å². The molecule has 2 saturated heterocycles. The minimum absolute atomic E-state index is 0.0569. The Morgan fingerprint density at radius 3 is 2.71 bits per heavy atom. The molecule has 0 radical (unpaired) electrons. The lowest BCUT2D eigenvalue weighted by atomic mass is 10.1. The Labute approximate surface area is 124 Å². The number of carbonyl (C=O) groups is 1. The van der Waals surface area contributed by atoms with Gasteiger partial charge in [0.1, 0.15) is 5.82 Å². The van der Waals surface area contributed by atoms with Gasteiger partial charge in [0, 0.05) is 18.8 Å². The van der Waals surface area contributed by atoms with Gasteiger partial charge in [-0.15, -0.1) is 0 Å². The second-order valence-corrected chi connectivity index (χ2v) is 5.67. The third-order valence-corrected chi connectivity index (χ3v) is 4.26. The number of aromatic nitrogens is 2. The molecule has 3 heterocycles. The molecule has 0 spiro atoms. The lowest BCUT2D eigenvalue weighted by molar-refractivity contribution is 0.0916. The molecule has 1 aromatic rings. The lowest BCUT2D eigenvalue weighted by Gasteiger charge is -2.27. The SMILES string of the molecule is CCc1ncc(C(=O)N[C@H]2COC[C@@H]2N2CCCC2)cn1. The quantitative estimate of drug-likeness (QED) is 0.881. The lowest BCUT2D eigenvalue weighted by Crippen LogP contribution is -2.50. The number of rotatable bonds is 4. The summed E-state index contributed by atoms with van der Waals surface area (Å²) in [6.45, 7) is 5.49. The Morgan fingerprint density at radius 2 is 2.05 bits per heavy atom. The van der Waals surface area contributed by atoms with Gasteiger partial charge in [-0.2, -0.15) is 0 Å². The summed E-state index contributed by atoms with van der Waals surface area (Å²) in [6, 6.07) is 0.355. The number of ether oxygens (including phenoxy) is 1. The minimum atomic E-state index is -0.114. The fourth-order valence-electron chi connectivity index (χ4n) is 3.02. The van der Waals surface area contributed by atoms with E-state index in [2.05, 4.69) is 20.2 Å². The molecule has 6 nitrogen and oxygen atoms in total. The van der Waals surface area contributed by atoms with Crippen LogP contribution in [0.15, 0.2) is 12.4 Å². The number of carbonyl (C=O) groups excluding carboxylic acids is 1. The number of nitrogens with one attached hydrogen (secondary N) is 1. The van der Waals surface area contributed by atoms with Gasteiger partial charge in [0.25, 0.3) is 5.91 Å². The highest BCUT2D eigenvalue weighted by atomic mass is 16.5. The zero-order chi connectivity index (χ0) is 14.7. The molecule has 1 aromatic heterocycles. The monoisotopic (exact) mass is 290 g/mol. The molecular formula is C15H22N4O2. The standard InChI is InChI=1S/C15H22N4O2/c1-2-14-16-7-11(8-17-14)15(20)18-12-9-21-10-13(12)19-5-3-4-6-19/h7-8,12-13H,2-6,9-10H2,1H3,(H,18,20)/t12-,13-/m0/s1. The maximum absolute atomic E-state index is 12.3. The predicted octanol–water partition coefficient (Wildman–Crippen LogP) is 0.632. The molecule has 2 aliphatic heterocycles. The van der Waals surface area contributed by atoms with Crippen molar-refractivity contribution in [3.05, 3.63) is 23.8 Å². The first-order chi connectivity index (χ1) is 10.3. The van der Waals surface area contributed by atoms with E-state index >= 15 is 0 Å². The molecule has 0 saturated carbocycles. The van der Waals surface area contributed by atoms with Crippen molar-refractivity contribution in [2.45, 2.75) is 38.3 Å². The number of hydrogen-bond donors (Lipinski definition) is 1. The number of hydrogen-bond acceptors (Lipinski definition) is 5. The third kappa shape index (κ3) is 3.22. The van der Waals surface area contributed by atoms with Crippen LogP contribution in [0.25, 0.3) is 0 Å². The molecule has 1 N–H and O–H groups in total. The van der Waals surface area contributed by atoms with Crippen LogP contribution in [0.2, 0.25) is 0 Å². The summed E-state index contributed by atoms with van der Waals surface area (Å²) in [5.74, 6) is 0.642. The molecule has 0 bridgehead atoms. The van der Waals surface area contributed by atoms with Crippen LogP contribution >= 0.6 is 0 Å². The second kappa shape index (κ2) is 6.49. The molecule has 21 heavy (non-hydrogen) atoms. The molecule has 2 fully saturated rings. The van der Waals surface area contributed by atoms with E-state index in [0.29, 0.717) is 24.8 Å². The Hall–Kier alpha value is -1.53. The van der Waals surface area contributed by atoms with Gasteiger partial charge in [0.2, 0.25) is 0 Å². The van der Waals surface area contributed by atoms with Gasteiger partial charge in [0.05, 0.1) is 30.9 Å². The van der Waals surface area contributed by atoms with E-state index < -0.39 is 0 Å². The van der Waals surface area contributed by atoms with Gasteiger partial charge >= 0.3 is 0 Å². The van der Waals surface area contributed by atoms with Crippen molar-refractivity contribution in [3.8, 4) is 0 Å². The van der Waals surface area contributed by atoms with E-state index in [9.17, 15) is 4.79 Å². The topological polar surface area (TPSA) is 67.3 Å². The van der Waals surface area contributed by atoms with Gasteiger partial charge < -0.3 is 10.1 Å². The number of amides is 1. The zero-order valence-corrected chi connectivity index (χ0v) is 12.4. The minimum Gasteiger partial charge on any atom is -0.378 e. The van der Waals surface area contributed by atoms with Crippen molar-refractivity contribution in [2.24, 2.45) is 0 Å². The van der Waals surface area contributed by atoms with E-state index in [1.807, 2.05) is 6.92 Å². The Bertz CT molecular complexity index is 485. The first kappa shape index (κ1) is 14.4. The van der Waals surface area contributed by atoms with Gasteiger partial charge in [-0.1, -0.05) is 6.92 Å². The first-order valence-electron chi connectivity index (χ1n) is 7.71. The van der Waals surface area contributed by atoms with Crippen LogP contribution < -0.4 is 5.32 Å². The first-order valence-corrected chi connectivity index (χ1v) is 7.71. The number of aryl methyl sites for hydroxylation is 1. The van der Waals surface area contributed by atoms with Crippen LogP contribution in [0.5, 0.6) is 0 Å². The fourth-order valence-corrected chi connectivity index (χ4v) is 3.02. The van der Waals surface area contributed by atoms with E-state index in [1.54, 1.807) is 12.4 Å². The Morgan fingerprint density at radius 1 is 1.33 bits per heavy atom. The largest absolute Gasteiger partial charge is 0.378 e. The van der Waals surface area contributed by atoms with Crippen LogP contribution in [-0.4, -0.2) is 59.2 Å². The molecular weight excluding hydrogens is 268 g/mol. The van der Waals surface area contributed by atoms with Crippen LogP contribution in [0.4, 0.5) is 0 Å². The number of likely N-dealkylation sites (tertiary alicyclic amines) is 1. The second-order valence-electron chi connectivity index (χ2n) is 5.67.